The summed E-state index contributed by atoms with van der Waals surface area (Å²) in [5, 5.41) is 7.71. The third-order valence-electron chi connectivity index (χ3n) is 3.82. The van der Waals surface area contributed by atoms with Gasteiger partial charge in [0.15, 0.2) is 0 Å². The number of hydrogen-bond acceptors (Lipinski definition) is 5. The minimum Gasteiger partial charge on any atom is -0.464 e. The van der Waals surface area contributed by atoms with Gasteiger partial charge in [-0.3, -0.25) is 15.2 Å². The molecule has 1 aliphatic heterocycles. The molecule has 1 aliphatic rings. The number of rotatable bonds is 5. The summed E-state index contributed by atoms with van der Waals surface area (Å²) in [6.45, 7) is 5.58. The maximum atomic E-state index is 11.3. The molecule has 1 saturated heterocycles. The zero-order valence-corrected chi connectivity index (χ0v) is 12.8. The highest BCUT2D eigenvalue weighted by atomic mass is 16.5. The first kappa shape index (κ1) is 16.2. The van der Waals surface area contributed by atoms with E-state index in [1.165, 1.54) is 12.7 Å². The predicted molar refractivity (Wildman–Crippen MR) is 85.8 cm³/mol. The summed E-state index contributed by atoms with van der Waals surface area (Å²) < 4.78 is 4.56. The monoisotopic (exact) mass is 299 g/mol. The number of methoxy groups -OCH3 is 1. The molecular formula is C17H21N3O2. The van der Waals surface area contributed by atoms with Crippen molar-refractivity contribution in [1.82, 2.24) is 9.80 Å². The van der Waals surface area contributed by atoms with Crippen LogP contribution in [0.2, 0.25) is 0 Å². The Morgan fingerprint density at radius 2 is 1.82 bits per heavy atom. The van der Waals surface area contributed by atoms with Crippen molar-refractivity contribution in [3.05, 3.63) is 35.4 Å². The van der Waals surface area contributed by atoms with Crippen LogP contribution in [0.4, 0.5) is 0 Å². The number of ether oxygens (including phenoxy) is 1. The number of esters is 1. The van der Waals surface area contributed by atoms with Crippen LogP contribution in [0.25, 0.3) is 0 Å². The van der Waals surface area contributed by atoms with Crippen LogP contribution in [0.15, 0.2) is 24.3 Å². The lowest BCUT2D eigenvalue weighted by Gasteiger charge is -2.33. The van der Waals surface area contributed by atoms with Crippen molar-refractivity contribution < 1.29 is 9.53 Å². The van der Waals surface area contributed by atoms with Gasteiger partial charge in [0.1, 0.15) is 5.71 Å². The summed E-state index contributed by atoms with van der Waals surface area (Å²) in [7, 11) is 1.28. The maximum absolute atomic E-state index is 11.3. The summed E-state index contributed by atoms with van der Waals surface area (Å²) in [4.78, 5) is 16.0. The summed E-state index contributed by atoms with van der Waals surface area (Å²) >= 11 is 0. The van der Waals surface area contributed by atoms with Gasteiger partial charge in [-0.05, 0) is 5.56 Å². The second-order valence-corrected chi connectivity index (χ2v) is 5.32. The van der Waals surface area contributed by atoms with Crippen LogP contribution in [-0.2, 0) is 16.1 Å². The molecule has 0 aliphatic carbocycles. The maximum Gasteiger partial charge on any atom is 0.356 e. The van der Waals surface area contributed by atoms with E-state index in [-0.39, 0.29) is 5.71 Å². The number of terminal acetylenes is 1. The lowest BCUT2D eigenvalue weighted by atomic mass is 10.1. The molecule has 1 N–H and O–H groups in total. The molecule has 0 spiro atoms. The number of nitrogens with one attached hydrogen (secondary N) is 1. The highest BCUT2D eigenvalue weighted by Gasteiger charge is 2.16. The molecule has 0 atom stereocenters. The van der Waals surface area contributed by atoms with Crippen LogP contribution in [0.5, 0.6) is 0 Å². The molecule has 5 nitrogen and oxygen atoms in total. The molecule has 2 rings (SSSR count). The van der Waals surface area contributed by atoms with Crippen LogP contribution in [0.3, 0.4) is 0 Å². The number of nitrogens with zero attached hydrogens (tertiary/aromatic N) is 2. The first-order chi connectivity index (χ1) is 10.6. The molecule has 0 aromatic heterocycles. The van der Waals surface area contributed by atoms with Crippen molar-refractivity contribution in [1.29, 1.82) is 5.41 Å². The second kappa shape index (κ2) is 7.74. The van der Waals surface area contributed by atoms with Crippen LogP contribution in [0, 0.1) is 17.8 Å². The second-order valence-electron chi connectivity index (χ2n) is 5.32. The number of hydrogen-bond donors (Lipinski definition) is 1. The smallest absolute Gasteiger partial charge is 0.356 e. The molecule has 116 valence electrons. The molecule has 5 heteroatoms. The highest BCUT2D eigenvalue weighted by molar-refractivity contribution is 6.41. The standard InChI is InChI=1S/C17H21N3O2/c1-3-8-19-9-11-20(12-10-19)13-14-4-6-15(7-5-14)16(18)17(21)22-2/h1,4-7,18H,8-13H2,2H3. The average molecular weight is 299 g/mol. The minimum atomic E-state index is -0.614. The molecule has 22 heavy (non-hydrogen) atoms. The SMILES string of the molecule is C#CCN1CCN(Cc2ccc(C(=N)C(=O)OC)cc2)CC1. The lowest BCUT2D eigenvalue weighted by Crippen LogP contribution is -2.45. The van der Waals surface area contributed by atoms with Gasteiger partial charge in [-0.25, -0.2) is 4.79 Å². The van der Waals surface area contributed by atoms with Gasteiger partial charge in [-0.1, -0.05) is 30.2 Å². The van der Waals surface area contributed by atoms with Crippen LogP contribution < -0.4 is 0 Å². The molecule has 1 fully saturated rings. The fourth-order valence-electron chi connectivity index (χ4n) is 2.49. The first-order valence-corrected chi connectivity index (χ1v) is 7.28. The van der Waals surface area contributed by atoms with Gasteiger partial charge in [-0.15, -0.1) is 6.42 Å². The molecule has 0 saturated carbocycles. The molecule has 1 heterocycles. The van der Waals surface area contributed by atoms with E-state index in [0.29, 0.717) is 5.56 Å². The Balaban J connectivity index is 1.88. The van der Waals surface area contributed by atoms with Crippen molar-refractivity contribution in [2.75, 3.05) is 39.8 Å². The average Bonchev–Trinajstić information content (AvgIpc) is 2.56. The molecule has 0 bridgehead atoms. The fraction of sp³-hybridized carbons (Fsp3) is 0.412. The molecule has 1 aromatic carbocycles. The summed E-state index contributed by atoms with van der Waals surface area (Å²) in [5.41, 5.74) is 1.64. The normalized spacial score (nSPS) is 16.0. The Morgan fingerprint density at radius 3 is 2.36 bits per heavy atom. The summed E-state index contributed by atoms with van der Waals surface area (Å²) in [6.07, 6.45) is 5.33. The van der Waals surface area contributed by atoms with Crippen LogP contribution >= 0.6 is 0 Å². The van der Waals surface area contributed by atoms with E-state index >= 15 is 0 Å². The molecule has 1 aromatic rings. The Morgan fingerprint density at radius 1 is 1.23 bits per heavy atom. The Labute approximate surface area is 131 Å². The van der Waals surface area contributed by atoms with Crippen molar-refractivity contribution >= 4 is 11.7 Å². The van der Waals surface area contributed by atoms with E-state index in [0.717, 1.165) is 39.3 Å². The van der Waals surface area contributed by atoms with Crippen LogP contribution in [-0.4, -0.2) is 61.3 Å². The summed E-state index contributed by atoms with van der Waals surface area (Å²) in [5.74, 6) is 2.07. The Kier molecular flexibility index (Phi) is 5.70. The van der Waals surface area contributed by atoms with Gasteiger partial charge in [0.2, 0.25) is 0 Å². The number of carbonyl (C=O) groups is 1. The van der Waals surface area contributed by atoms with E-state index in [9.17, 15) is 4.79 Å². The fourth-order valence-corrected chi connectivity index (χ4v) is 2.49. The largest absolute Gasteiger partial charge is 0.464 e. The topological polar surface area (TPSA) is 56.6 Å². The Bertz CT molecular complexity index is 567. The van der Waals surface area contributed by atoms with Gasteiger partial charge in [-0.2, -0.15) is 0 Å². The lowest BCUT2D eigenvalue weighted by molar-refractivity contribution is -0.132. The number of carbonyl (C=O) groups excluding carboxylic acids is 1. The van der Waals surface area contributed by atoms with Gasteiger partial charge >= 0.3 is 5.97 Å². The predicted octanol–water partition coefficient (Wildman–Crippen LogP) is 0.978. The third kappa shape index (κ3) is 4.17. The number of piperazine rings is 1. The van der Waals surface area contributed by atoms with Gasteiger partial charge in [0.05, 0.1) is 13.7 Å². The van der Waals surface area contributed by atoms with Crippen molar-refractivity contribution in [3.8, 4) is 12.3 Å². The van der Waals surface area contributed by atoms with Crippen LogP contribution in [0.1, 0.15) is 11.1 Å². The van der Waals surface area contributed by atoms with Gasteiger partial charge in [0.25, 0.3) is 0 Å². The minimum absolute atomic E-state index is 0.114. The van der Waals surface area contributed by atoms with E-state index in [1.807, 2.05) is 12.1 Å². The van der Waals surface area contributed by atoms with Crippen molar-refractivity contribution in [3.63, 3.8) is 0 Å². The molecule has 0 unspecified atom stereocenters. The van der Waals surface area contributed by atoms with Gasteiger partial charge in [0, 0.05) is 38.3 Å². The van der Waals surface area contributed by atoms with Gasteiger partial charge < -0.3 is 4.74 Å². The summed E-state index contributed by atoms with van der Waals surface area (Å²) in [6, 6.07) is 7.51. The van der Waals surface area contributed by atoms with E-state index in [1.54, 1.807) is 12.1 Å². The first-order valence-electron chi connectivity index (χ1n) is 7.28. The molecule has 0 amide bonds. The van der Waals surface area contributed by atoms with Crippen molar-refractivity contribution in [2.45, 2.75) is 6.54 Å². The van der Waals surface area contributed by atoms with E-state index in [2.05, 4.69) is 20.5 Å². The quantitative estimate of drug-likeness (QED) is 0.500. The third-order valence-corrected chi connectivity index (χ3v) is 3.82. The Hall–Kier alpha value is -2.16. The van der Waals surface area contributed by atoms with E-state index in [4.69, 9.17) is 11.8 Å². The van der Waals surface area contributed by atoms with E-state index < -0.39 is 5.97 Å². The molecular weight excluding hydrogens is 278 g/mol. The zero-order valence-electron chi connectivity index (χ0n) is 12.8. The van der Waals surface area contributed by atoms with Crippen molar-refractivity contribution in [2.24, 2.45) is 0 Å². The zero-order chi connectivity index (χ0) is 15.9. The highest BCUT2D eigenvalue weighted by Crippen LogP contribution is 2.11. The number of benzene rings is 1. The molecule has 0 radical (unpaired) electrons.